The fourth-order valence-corrected chi connectivity index (χ4v) is 3.74. The van der Waals surface area contributed by atoms with Crippen LogP contribution >= 0.6 is 0 Å². The highest BCUT2D eigenvalue weighted by Crippen LogP contribution is 2.25. The summed E-state index contributed by atoms with van der Waals surface area (Å²) in [5.74, 6) is -1.01. The van der Waals surface area contributed by atoms with Gasteiger partial charge in [0.1, 0.15) is 0 Å². The van der Waals surface area contributed by atoms with Crippen LogP contribution in [0, 0.1) is 12.8 Å². The Bertz CT molecular complexity index is 909. The molecule has 1 saturated heterocycles. The number of anilines is 1. The van der Waals surface area contributed by atoms with Gasteiger partial charge in [-0.2, -0.15) is 0 Å². The van der Waals surface area contributed by atoms with Crippen molar-refractivity contribution in [3.8, 4) is 0 Å². The van der Waals surface area contributed by atoms with Gasteiger partial charge in [-0.15, -0.1) is 0 Å². The first-order valence-corrected chi connectivity index (χ1v) is 9.92. The molecule has 0 radical (unpaired) electrons. The molecule has 1 aliphatic rings. The van der Waals surface area contributed by atoms with Crippen LogP contribution in [-0.4, -0.2) is 40.9 Å². The summed E-state index contributed by atoms with van der Waals surface area (Å²) in [7, 11) is 0. The van der Waals surface area contributed by atoms with Crippen LogP contribution in [0.5, 0.6) is 0 Å². The SMILES string of the molecule is Cc1cccc(C(=O)Nc2ccccc2C(=O)N2CCCC(CCC(=O)O)C2)c1. The van der Waals surface area contributed by atoms with Crippen molar-refractivity contribution in [3.05, 3.63) is 65.2 Å². The van der Waals surface area contributed by atoms with Crippen LogP contribution in [0.4, 0.5) is 5.69 Å². The molecule has 1 heterocycles. The molecule has 3 rings (SSSR count). The summed E-state index contributed by atoms with van der Waals surface area (Å²) in [6.07, 6.45) is 2.48. The lowest BCUT2D eigenvalue weighted by molar-refractivity contribution is -0.137. The van der Waals surface area contributed by atoms with Gasteiger partial charge >= 0.3 is 5.97 Å². The van der Waals surface area contributed by atoms with Gasteiger partial charge in [0, 0.05) is 25.1 Å². The van der Waals surface area contributed by atoms with Crippen molar-refractivity contribution in [3.63, 3.8) is 0 Å². The summed E-state index contributed by atoms with van der Waals surface area (Å²) in [5, 5.41) is 11.8. The molecule has 1 atom stereocenters. The first kappa shape index (κ1) is 20.6. The number of nitrogens with zero attached hydrogens (tertiary/aromatic N) is 1. The number of benzene rings is 2. The Morgan fingerprint density at radius 2 is 1.93 bits per heavy atom. The minimum absolute atomic E-state index is 0.121. The Kier molecular flexibility index (Phi) is 6.65. The Morgan fingerprint density at radius 1 is 1.14 bits per heavy atom. The fraction of sp³-hybridized carbons (Fsp3) is 0.348. The number of carboxylic acid groups (broad SMARTS) is 1. The number of amides is 2. The number of carbonyl (C=O) groups excluding carboxylic acids is 2. The number of aliphatic carboxylic acids is 1. The van der Waals surface area contributed by atoms with E-state index in [1.165, 1.54) is 0 Å². The maximum Gasteiger partial charge on any atom is 0.303 e. The van der Waals surface area contributed by atoms with Crippen molar-refractivity contribution >= 4 is 23.5 Å². The molecular weight excluding hydrogens is 368 g/mol. The lowest BCUT2D eigenvalue weighted by Crippen LogP contribution is -2.40. The summed E-state index contributed by atoms with van der Waals surface area (Å²) in [4.78, 5) is 38.4. The molecule has 1 aliphatic heterocycles. The first-order valence-electron chi connectivity index (χ1n) is 9.92. The fourth-order valence-electron chi connectivity index (χ4n) is 3.74. The van der Waals surface area contributed by atoms with Gasteiger partial charge in [0.2, 0.25) is 0 Å². The second-order valence-corrected chi connectivity index (χ2v) is 7.56. The Hall–Kier alpha value is -3.15. The predicted octanol–water partition coefficient (Wildman–Crippen LogP) is 3.96. The van der Waals surface area contributed by atoms with Crippen molar-refractivity contribution in [2.75, 3.05) is 18.4 Å². The van der Waals surface area contributed by atoms with E-state index in [1.54, 1.807) is 41.3 Å². The lowest BCUT2D eigenvalue weighted by Gasteiger charge is -2.33. The topological polar surface area (TPSA) is 86.7 Å². The zero-order chi connectivity index (χ0) is 20.8. The number of nitrogens with one attached hydrogen (secondary N) is 1. The maximum atomic E-state index is 13.1. The molecule has 0 aliphatic carbocycles. The molecule has 6 heteroatoms. The third-order valence-electron chi connectivity index (χ3n) is 5.26. The standard InChI is InChI=1S/C23H26N2O4/c1-16-6-4-8-18(14-16)22(28)24-20-10-3-2-9-19(20)23(29)25-13-5-7-17(15-25)11-12-21(26)27/h2-4,6,8-10,14,17H,5,7,11-13,15H2,1H3,(H,24,28)(H,26,27). The van der Waals surface area contributed by atoms with Gasteiger partial charge in [-0.3, -0.25) is 14.4 Å². The molecule has 0 saturated carbocycles. The third-order valence-corrected chi connectivity index (χ3v) is 5.26. The van der Waals surface area contributed by atoms with E-state index in [0.29, 0.717) is 36.3 Å². The average molecular weight is 394 g/mol. The van der Waals surface area contributed by atoms with E-state index < -0.39 is 5.97 Å². The quantitative estimate of drug-likeness (QED) is 0.776. The minimum atomic E-state index is -0.808. The van der Waals surface area contributed by atoms with Gasteiger partial charge in [-0.1, -0.05) is 29.8 Å². The van der Waals surface area contributed by atoms with Gasteiger partial charge in [0.15, 0.2) is 0 Å². The number of carbonyl (C=O) groups is 3. The Labute approximate surface area is 170 Å². The van der Waals surface area contributed by atoms with Crippen LogP contribution in [0.3, 0.4) is 0 Å². The molecule has 2 aromatic rings. The number of likely N-dealkylation sites (tertiary alicyclic amines) is 1. The van der Waals surface area contributed by atoms with Crippen LogP contribution in [0.1, 0.15) is 52.0 Å². The number of carboxylic acids is 1. The maximum absolute atomic E-state index is 13.1. The van der Waals surface area contributed by atoms with Crippen LogP contribution in [0.25, 0.3) is 0 Å². The predicted molar refractivity (Wildman–Crippen MR) is 111 cm³/mol. The van der Waals surface area contributed by atoms with Crippen molar-refractivity contribution in [1.29, 1.82) is 0 Å². The average Bonchev–Trinajstić information content (AvgIpc) is 2.72. The Morgan fingerprint density at radius 3 is 2.69 bits per heavy atom. The van der Waals surface area contributed by atoms with E-state index in [9.17, 15) is 14.4 Å². The molecule has 152 valence electrons. The Balaban J connectivity index is 1.73. The smallest absolute Gasteiger partial charge is 0.303 e. The zero-order valence-corrected chi connectivity index (χ0v) is 16.6. The van der Waals surface area contributed by atoms with Crippen LogP contribution in [0.15, 0.2) is 48.5 Å². The highest BCUT2D eigenvalue weighted by atomic mass is 16.4. The molecule has 0 spiro atoms. The van der Waals surface area contributed by atoms with Gasteiger partial charge in [0.05, 0.1) is 11.3 Å². The van der Waals surface area contributed by atoms with Crippen molar-refractivity contribution in [2.45, 2.75) is 32.6 Å². The summed E-state index contributed by atoms with van der Waals surface area (Å²) in [6, 6.07) is 14.3. The molecule has 6 nitrogen and oxygen atoms in total. The first-order chi connectivity index (χ1) is 13.9. The summed E-state index contributed by atoms with van der Waals surface area (Å²) in [5.41, 5.74) is 2.46. The van der Waals surface area contributed by atoms with Crippen molar-refractivity contribution in [2.24, 2.45) is 5.92 Å². The number of rotatable bonds is 6. The van der Waals surface area contributed by atoms with E-state index in [4.69, 9.17) is 5.11 Å². The summed E-state index contributed by atoms with van der Waals surface area (Å²) in [6.45, 7) is 3.11. The normalized spacial score (nSPS) is 16.3. The zero-order valence-electron chi connectivity index (χ0n) is 16.6. The highest BCUT2D eigenvalue weighted by molar-refractivity contribution is 6.09. The molecule has 29 heavy (non-hydrogen) atoms. The minimum Gasteiger partial charge on any atom is -0.481 e. The summed E-state index contributed by atoms with van der Waals surface area (Å²) < 4.78 is 0. The largest absolute Gasteiger partial charge is 0.481 e. The van der Waals surface area contributed by atoms with E-state index >= 15 is 0 Å². The number of piperidine rings is 1. The molecular formula is C23H26N2O4. The number of hydrogen-bond donors (Lipinski definition) is 2. The lowest BCUT2D eigenvalue weighted by atomic mass is 9.93. The molecule has 2 aromatic carbocycles. The second-order valence-electron chi connectivity index (χ2n) is 7.56. The van der Waals surface area contributed by atoms with E-state index in [2.05, 4.69) is 5.32 Å². The van der Waals surface area contributed by atoms with Crippen LogP contribution in [-0.2, 0) is 4.79 Å². The molecule has 2 N–H and O–H groups in total. The van der Waals surface area contributed by atoms with Crippen molar-refractivity contribution < 1.29 is 19.5 Å². The van der Waals surface area contributed by atoms with Gasteiger partial charge in [-0.05, 0) is 56.4 Å². The van der Waals surface area contributed by atoms with Crippen LogP contribution in [0.2, 0.25) is 0 Å². The third kappa shape index (κ3) is 5.44. The van der Waals surface area contributed by atoms with E-state index in [0.717, 1.165) is 18.4 Å². The van der Waals surface area contributed by atoms with Crippen LogP contribution < -0.4 is 5.32 Å². The molecule has 2 amide bonds. The van der Waals surface area contributed by atoms with Gasteiger partial charge in [0.25, 0.3) is 11.8 Å². The summed E-state index contributed by atoms with van der Waals surface area (Å²) >= 11 is 0. The van der Waals surface area contributed by atoms with E-state index in [-0.39, 0.29) is 24.2 Å². The van der Waals surface area contributed by atoms with Crippen molar-refractivity contribution in [1.82, 2.24) is 4.90 Å². The molecule has 0 aromatic heterocycles. The monoisotopic (exact) mass is 394 g/mol. The number of aryl methyl sites for hydroxylation is 1. The molecule has 1 fully saturated rings. The molecule has 0 bridgehead atoms. The number of hydrogen-bond acceptors (Lipinski definition) is 3. The highest BCUT2D eigenvalue weighted by Gasteiger charge is 2.26. The van der Waals surface area contributed by atoms with Gasteiger partial charge < -0.3 is 15.3 Å². The second kappa shape index (κ2) is 9.37. The van der Waals surface area contributed by atoms with Gasteiger partial charge in [-0.25, -0.2) is 0 Å². The van der Waals surface area contributed by atoms with E-state index in [1.807, 2.05) is 19.1 Å². The molecule has 1 unspecified atom stereocenters. The number of para-hydroxylation sites is 1.